The lowest BCUT2D eigenvalue weighted by molar-refractivity contribution is -0.114. The lowest BCUT2D eigenvalue weighted by atomic mass is 10.1. The fourth-order valence-corrected chi connectivity index (χ4v) is 4.40. The van der Waals surface area contributed by atoms with E-state index >= 15 is 0 Å². The van der Waals surface area contributed by atoms with Crippen LogP contribution in [-0.2, 0) is 11.3 Å². The molecule has 3 heteroatoms. The van der Waals surface area contributed by atoms with Crippen molar-refractivity contribution in [1.82, 2.24) is 4.48 Å². The second-order valence-electron chi connectivity index (χ2n) is 7.15. The number of quaternary nitrogens is 1. The van der Waals surface area contributed by atoms with E-state index in [1.807, 2.05) is 18.2 Å². The molecule has 3 nitrogen and oxygen atoms in total. The molecule has 3 aromatic rings. The van der Waals surface area contributed by atoms with Crippen molar-refractivity contribution in [3.63, 3.8) is 0 Å². The third kappa shape index (κ3) is 2.43. The molecule has 0 spiro atoms. The molecule has 1 atom stereocenters. The molecule has 3 aromatic carbocycles. The lowest BCUT2D eigenvalue weighted by Crippen LogP contribution is -2.46. The van der Waals surface area contributed by atoms with Gasteiger partial charge in [0.2, 0.25) is 5.82 Å². The summed E-state index contributed by atoms with van der Waals surface area (Å²) < 4.78 is 0.548. The third-order valence-corrected chi connectivity index (χ3v) is 5.58. The van der Waals surface area contributed by atoms with Gasteiger partial charge in [0.05, 0.1) is 6.08 Å². The summed E-state index contributed by atoms with van der Waals surface area (Å²) in [6, 6.07) is 29.6. The Bertz CT molecular complexity index is 1030. The van der Waals surface area contributed by atoms with Crippen LogP contribution >= 0.6 is 0 Å². The van der Waals surface area contributed by atoms with Crippen LogP contribution < -0.4 is 9.38 Å². The Hall–Kier alpha value is -3.17. The Morgan fingerprint density at radius 2 is 1.48 bits per heavy atom. The minimum absolute atomic E-state index is 0.209. The summed E-state index contributed by atoms with van der Waals surface area (Å²) in [6.07, 6.45) is 2.43. The number of anilines is 1. The summed E-state index contributed by atoms with van der Waals surface area (Å²) >= 11 is 0. The van der Waals surface area contributed by atoms with E-state index in [1.165, 1.54) is 22.6 Å². The van der Waals surface area contributed by atoms with Crippen molar-refractivity contribution in [2.24, 2.45) is 0 Å². The normalized spacial score (nSPS) is 20.8. The summed E-state index contributed by atoms with van der Waals surface area (Å²) in [6.45, 7) is 1.51. The molecule has 0 bridgehead atoms. The molecule has 0 amide bonds. The zero-order valence-electron chi connectivity index (χ0n) is 15.1. The van der Waals surface area contributed by atoms with Crippen LogP contribution in [0.1, 0.15) is 12.0 Å². The summed E-state index contributed by atoms with van der Waals surface area (Å²) in [5.41, 5.74) is 4.86. The number of allylic oxidation sites excluding steroid dienone is 1. The molecule has 1 unspecified atom stereocenters. The van der Waals surface area contributed by atoms with Crippen molar-refractivity contribution < 1.29 is 4.79 Å². The van der Waals surface area contributed by atoms with E-state index in [2.05, 4.69) is 77.7 Å². The maximum atomic E-state index is 12.4. The molecule has 2 aliphatic heterocycles. The maximum Gasteiger partial charge on any atom is 0.222 e. The van der Waals surface area contributed by atoms with Crippen LogP contribution in [-0.4, -0.2) is 12.3 Å². The number of carbonyl (C=O) groups is 1. The van der Waals surface area contributed by atoms with Gasteiger partial charge in [-0.25, -0.2) is 4.48 Å². The molecule has 0 radical (unpaired) electrons. The van der Waals surface area contributed by atoms with Gasteiger partial charge in [-0.1, -0.05) is 60.7 Å². The Balaban J connectivity index is 1.82. The van der Waals surface area contributed by atoms with Gasteiger partial charge in [0.15, 0.2) is 11.5 Å². The predicted molar refractivity (Wildman–Crippen MR) is 110 cm³/mol. The Labute approximate surface area is 159 Å². The molecule has 0 fully saturated rings. The fraction of sp³-hybridized carbons (Fsp3) is 0.125. The van der Waals surface area contributed by atoms with Gasteiger partial charge in [0.1, 0.15) is 17.9 Å². The van der Waals surface area contributed by atoms with Crippen molar-refractivity contribution in [2.45, 2.75) is 13.0 Å². The van der Waals surface area contributed by atoms with Gasteiger partial charge in [0, 0.05) is 36.7 Å². The first-order valence-electron chi connectivity index (χ1n) is 9.39. The molecule has 2 aliphatic rings. The molecule has 0 saturated heterocycles. The zero-order chi connectivity index (χ0) is 18.3. The highest BCUT2D eigenvalue weighted by molar-refractivity contribution is 5.97. The SMILES string of the molecule is O=C1C=C2N(CC1)c1ccccc1[N+]2(Cc1ccccc1)c1ccccc1. The molecule has 0 aromatic heterocycles. The lowest BCUT2D eigenvalue weighted by Gasteiger charge is -2.36. The quantitative estimate of drug-likeness (QED) is 0.606. The molecule has 0 saturated carbocycles. The Kier molecular flexibility index (Phi) is 3.69. The molecular weight excluding hydrogens is 332 g/mol. The van der Waals surface area contributed by atoms with E-state index in [0.29, 0.717) is 10.9 Å². The monoisotopic (exact) mass is 353 g/mol. The van der Waals surface area contributed by atoms with E-state index in [0.717, 1.165) is 18.9 Å². The molecule has 132 valence electrons. The average Bonchev–Trinajstić information content (AvgIpc) is 3.00. The number of hydrogen-bond acceptors (Lipinski definition) is 2. The highest BCUT2D eigenvalue weighted by Crippen LogP contribution is 2.54. The first-order chi connectivity index (χ1) is 13.3. The first kappa shape index (κ1) is 16.0. The first-order valence-corrected chi connectivity index (χ1v) is 9.39. The summed E-state index contributed by atoms with van der Waals surface area (Å²) in [7, 11) is 0. The van der Waals surface area contributed by atoms with Crippen LogP contribution in [0.2, 0.25) is 0 Å². The summed E-state index contributed by atoms with van der Waals surface area (Å²) in [4.78, 5) is 14.7. The number of nitrogens with zero attached hydrogens (tertiary/aromatic N) is 2. The van der Waals surface area contributed by atoms with Gasteiger partial charge in [-0.05, 0) is 6.07 Å². The molecule has 27 heavy (non-hydrogen) atoms. The average molecular weight is 353 g/mol. The molecular formula is C24H21N2O+. The van der Waals surface area contributed by atoms with Gasteiger partial charge in [-0.3, -0.25) is 9.69 Å². The fourth-order valence-electron chi connectivity index (χ4n) is 4.40. The number of hydrogen-bond donors (Lipinski definition) is 0. The van der Waals surface area contributed by atoms with E-state index in [1.54, 1.807) is 0 Å². The number of benzene rings is 3. The van der Waals surface area contributed by atoms with Gasteiger partial charge in [-0.15, -0.1) is 0 Å². The van der Waals surface area contributed by atoms with Crippen LogP contribution in [0.15, 0.2) is 96.8 Å². The van der Waals surface area contributed by atoms with Crippen LogP contribution in [0.25, 0.3) is 0 Å². The van der Waals surface area contributed by atoms with Crippen LogP contribution in [0.3, 0.4) is 0 Å². The van der Waals surface area contributed by atoms with E-state index in [4.69, 9.17) is 0 Å². The minimum atomic E-state index is 0.209. The largest absolute Gasteiger partial charge is 0.294 e. The standard InChI is InChI=1S/C24H21N2O/c27-21-15-16-25-22-13-7-8-14-23(22)26(24(25)17-21,20-11-5-2-6-12-20)18-19-9-3-1-4-10-19/h1-14,17H,15-16,18H2/q+1. The number of carbonyl (C=O) groups excluding carboxylic acids is 1. The second kappa shape index (κ2) is 6.22. The van der Waals surface area contributed by atoms with E-state index in [9.17, 15) is 4.79 Å². The zero-order valence-corrected chi connectivity index (χ0v) is 15.1. The van der Waals surface area contributed by atoms with Crippen molar-refractivity contribution >= 4 is 22.8 Å². The number of fused-ring (bicyclic) bond motifs is 3. The van der Waals surface area contributed by atoms with E-state index in [-0.39, 0.29) is 5.78 Å². The Morgan fingerprint density at radius 3 is 2.26 bits per heavy atom. The number of rotatable bonds is 3. The highest BCUT2D eigenvalue weighted by Gasteiger charge is 2.51. The van der Waals surface area contributed by atoms with Gasteiger partial charge in [-0.2, -0.15) is 0 Å². The second-order valence-corrected chi connectivity index (χ2v) is 7.15. The summed E-state index contributed by atoms with van der Waals surface area (Å²) in [5.74, 6) is 1.27. The predicted octanol–water partition coefficient (Wildman–Crippen LogP) is 5.16. The van der Waals surface area contributed by atoms with Crippen molar-refractivity contribution in [2.75, 3.05) is 11.4 Å². The summed E-state index contributed by atoms with van der Waals surface area (Å²) in [5, 5.41) is 0. The van der Waals surface area contributed by atoms with E-state index < -0.39 is 0 Å². The smallest absolute Gasteiger partial charge is 0.222 e. The molecule has 0 aliphatic carbocycles. The maximum absolute atomic E-state index is 12.4. The number of ketones is 1. The van der Waals surface area contributed by atoms with Gasteiger partial charge >= 0.3 is 0 Å². The van der Waals surface area contributed by atoms with Crippen LogP contribution in [0.4, 0.5) is 17.1 Å². The third-order valence-electron chi connectivity index (χ3n) is 5.58. The minimum Gasteiger partial charge on any atom is -0.294 e. The van der Waals surface area contributed by atoms with Crippen molar-refractivity contribution in [3.05, 3.63) is 102 Å². The van der Waals surface area contributed by atoms with Crippen molar-refractivity contribution in [3.8, 4) is 0 Å². The van der Waals surface area contributed by atoms with Gasteiger partial charge < -0.3 is 0 Å². The van der Waals surface area contributed by atoms with Crippen LogP contribution in [0, 0.1) is 0 Å². The van der Waals surface area contributed by atoms with Crippen LogP contribution in [0.5, 0.6) is 0 Å². The molecule has 2 heterocycles. The topological polar surface area (TPSA) is 20.3 Å². The highest BCUT2D eigenvalue weighted by atomic mass is 16.1. The van der Waals surface area contributed by atoms with Gasteiger partial charge in [0.25, 0.3) is 0 Å². The Morgan fingerprint density at radius 1 is 0.815 bits per heavy atom. The van der Waals surface area contributed by atoms with Crippen molar-refractivity contribution in [1.29, 1.82) is 0 Å². The number of para-hydroxylation sites is 3. The molecule has 0 N–H and O–H groups in total. The molecule has 5 rings (SSSR count).